The van der Waals surface area contributed by atoms with Gasteiger partial charge in [0.15, 0.2) is 0 Å². The highest BCUT2D eigenvalue weighted by Gasteiger charge is 2.41. The molecule has 0 unspecified atom stereocenters. The summed E-state index contributed by atoms with van der Waals surface area (Å²) < 4.78 is 40.4. The maximum Gasteiger partial charge on any atom is 0.307 e. The first kappa shape index (κ1) is 25.2. The lowest BCUT2D eigenvalue weighted by molar-refractivity contribution is -0.136. The van der Waals surface area contributed by atoms with Crippen molar-refractivity contribution in [1.29, 1.82) is 0 Å². The van der Waals surface area contributed by atoms with E-state index in [0.717, 1.165) is 50.4 Å². The molecule has 8 heteroatoms. The van der Waals surface area contributed by atoms with E-state index in [9.17, 15) is 14.3 Å². The van der Waals surface area contributed by atoms with Gasteiger partial charge in [-0.25, -0.2) is 8.78 Å². The molecule has 0 bridgehead atoms. The van der Waals surface area contributed by atoms with Crippen LogP contribution in [0.3, 0.4) is 0 Å². The highest BCUT2D eigenvalue weighted by molar-refractivity contribution is 5.72. The number of aliphatic carboxylic acids is 1. The van der Waals surface area contributed by atoms with E-state index in [-0.39, 0.29) is 36.4 Å². The minimum Gasteiger partial charge on any atom is -0.489 e. The van der Waals surface area contributed by atoms with E-state index in [1.54, 1.807) is 18.2 Å². The Bertz CT molecular complexity index is 1300. The molecule has 3 aromatic rings. The quantitative estimate of drug-likeness (QED) is 0.450. The lowest BCUT2D eigenvalue weighted by Gasteiger charge is -2.48. The van der Waals surface area contributed by atoms with Crippen molar-refractivity contribution in [3.05, 3.63) is 82.9 Å². The summed E-state index contributed by atoms with van der Waals surface area (Å²) in [6.45, 7) is 3.59. The predicted octanol–water partition coefficient (Wildman–Crippen LogP) is 4.91. The number of carboxylic acid groups (broad SMARTS) is 1. The number of carboxylic acids is 1. The lowest BCUT2D eigenvalue weighted by atomic mass is 9.76. The first-order valence-corrected chi connectivity index (χ1v) is 12.4. The molecule has 2 saturated heterocycles. The SMILES string of the molecule is NCc1cccc(-c2cc(COc3ccc(F)cc3CC(=O)O)cc(N3CCC4(CC3)COC4)c2)c1F. The second kappa shape index (κ2) is 10.5. The van der Waals surface area contributed by atoms with Crippen LogP contribution in [0.4, 0.5) is 14.5 Å². The number of anilines is 1. The summed E-state index contributed by atoms with van der Waals surface area (Å²) in [4.78, 5) is 13.5. The van der Waals surface area contributed by atoms with Crippen molar-refractivity contribution < 1.29 is 28.2 Å². The van der Waals surface area contributed by atoms with Crippen molar-refractivity contribution in [2.24, 2.45) is 11.1 Å². The normalized spacial score (nSPS) is 16.5. The smallest absolute Gasteiger partial charge is 0.307 e. The van der Waals surface area contributed by atoms with Crippen molar-refractivity contribution in [2.45, 2.75) is 32.4 Å². The molecule has 2 fully saturated rings. The molecule has 2 heterocycles. The topological polar surface area (TPSA) is 85.0 Å². The van der Waals surface area contributed by atoms with Crippen molar-refractivity contribution in [3.63, 3.8) is 0 Å². The van der Waals surface area contributed by atoms with Gasteiger partial charge < -0.3 is 25.2 Å². The second-order valence-electron chi connectivity index (χ2n) is 9.96. The van der Waals surface area contributed by atoms with Crippen LogP contribution >= 0.6 is 0 Å². The summed E-state index contributed by atoms with van der Waals surface area (Å²) >= 11 is 0. The molecule has 0 atom stereocenters. The Kier molecular flexibility index (Phi) is 7.13. The van der Waals surface area contributed by atoms with Gasteiger partial charge in [0.2, 0.25) is 0 Å². The fraction of sp³-hybridized carbons (Fsp3) is 0.345. The molecule has 0 amide bonds. The van der Waals surface area contributed by atoms with Gasteiger partial charge in [0.25, 0.3) is 0 Å². The van der Waals surface area contributed by atoms with E-state index in [2.05, 4.69) is 4.90 Å². The highest BCUT2D eigenvalue weighted by Crippen LogP contribution is 2.40. The minimum absolute atomic E-state index is 0.0997. The Morgan fingerprint density at radius 3 is 2.51 bits per heavy atom. The highest BCUT2D eigenvalue weighted by atomic mass is 19.1. The van der Waals surface area contributed by atoms with E-state index in [0.29, 0.717) is 22.4 Å². The zero-order valence-corrected chi connectivity index (χ0v) is 20.5. The standard InChI is InChI=1S/C29H30F2N2O4/c30-23-4-5-26(22(12-23)14-27(34)35)37-16-19-10-21(25-3-1-2-20(15-32)28(25)31)13-24(11-19)33-8-6-29(7-9-33)17-36-18-29/h1-5,10-13H,6-9,14-18,32H2,(H,34,35). The summed E-state index contributed by atoms with van der Waals surface area (Å²) in [7, 11) is 0. The molecule has 0 aliphatic carbocycles. The molecule has 3 aromatic carbocycles. The summed E-state index contributed by atoms with van der Waals surface area (Å²) in [6.07, 6.45) is 1.72. The van der Waals surface area contributed by atoms with Gasteiger partial charge >= 0.3 is 5.97 Å². The van der Waals surface area contributed by atoms with Crippen LogP contribution in [-0.4, -0.2) is 37.4 Å². The Balaban J connectivity index is 1.46. The van der Waals surface area contributed by atoms with E-state index < -0.39 is 11.8 Å². The number of nitrogens with two attached hydrogens (primary N) is 1. The van der Waals surface area contributed by atoms with Crippen LogP contribution in [0.25, 0.3) is 11.1 Å². The van der Waals surface area contributed by atoms with Gasteiger partial charge in [-0.1, -0.05) is 18.2 Å². The Labute approximate surface area is 214 Å². The maximum absolute atomic E-state index is 15.3. The van der Waals surface area contributed by atoms with Crippen molar-refractivity contribution in [1.82, 2.24) is 0 Å². The number of nitrogens with zero attached hydrogens (tertiary/aromatic N) is 1. The maximum atomic E-state index is 15.3. The number of halogens is 2. The summed E-state index contributed by atoms with van der Waals surface area (Å²) in [5.41, 5.74) is 9.65. The molecular weight excluding hydrogens is 478 g/mol. The summed E-state index contributed by atoms with van der Waals surface area (Å²) in [5, 5.41) is 9.20. The molecule has 5 rings (SSSR count). The molecule has 6 nitrogen and oxygen atoms in total. The monoisotopic (exact) mass is 508 g/mol. The minimum atomic E-state index is -1.07. The molecular formula is C29H30F2N2O4. The molecule has 2 aliphatic heterocycles. The van der Waals surface area contributed by atoms with Crippen molar-refractivity contribution in [2.75, 3.05) is 31.2 Å². The number of hydrogen-bond donors (Lipinski definition) is 2. The van der Waals surface area contributed by atoms with Gasteiger partial charge in [-0.05, 0) is 60.4 Å². The summed E-state index contributed by atoms with van der Waals surface area (Å²) in [5.74, 6) is -1.64. The number of benzene rings is 3. The number of ether oxygens (including phenoxy) is 2. The fourth-order valence-corrected chi connectivity index (χ4v) is 5.13. The van der Waals surface area contributed by atoms with Crippen LogP contribution in [-0.2, 0) is 29.1 Å². The molecule has 2 aliphatic rings. The molecule has 37 heavy (non-hydrogen) atoms. The molecule has 1 spiro atoms. The number of carbonyl (C=O) groups is 1. The average Bonchev–Trinajstić information content (AvgIpc) is 2.87. The summed E-state index contributed by atoms with van der Waals surface area (Å²) in [6, 6.07) is 14.9. The number of hydrogen-bond acceptors (Lipinski definition) is 5. The zero-order valence-electron chi connectivity index (χ0n) is 20.5. The van der Waals surface area contributed by atoms with Crippen LogP contribution in [0.2, 0.25) is 0 Å². The van der Waals surface area contributed by atoms with Crippen LogP contribution in [0.1, 0.15) is 29.5 Å². The van der Waals surface area contributed by atoms with Gasteiger partial charge in [-0.15, -0.1) is 0 Å². The van der Waals surface area contributed by atoms with Gasteiger partial charge in [-0.3, -0.25) is 4.79 Å². The van der Waals surface area contributed by atoms with Gasteiger partial charge in [-0.2, -0.15) is 0 Å². The first-order chi connectivity index (χ1) is 17.9. The third kappa shape index (κ3) is 5.45. The van der Waals surface area contributed by atoms with Crippen molar-refractivity contribution in [3.8, 4) is 16.9 Å². The second-order valence-corrected chi connectivity index (χ2v) is 9.96. The van der Waals surface area contributed by atoms with Crippen LogP contribution in [0.15, 0.2) is 54.6 Å². The molecule has 3 N–H and O–H groups in total. The van der Waals surface area contributed by atoms with Gasteiger partial charge in [0, 0.05) is 47.4 Å². The van der Waals surface area contributed by atoms with Gasteiger partial charge in [0.05, 0.1) is 19.6 Å². The number of piperidine rings is 1. The van der Waals surface area contributed by atoms with E-state index in [4.69, 9.17) is 15.2 Å². The molecule has 194 valence electrons. The van der Waals surface area contributed by atoms with Crippen LogP contribution in [0, 0.1) is 17.0 Å². The fourth-order valence-electron chi connectivity index (χ4n) is 5.13. The third-order valence-corrected chi connectivity index (χ3v) is 7.35. The molecule has 0 saturated carbocycles. The third-order valence-electron chi connectivity index (χ3n) is 7.35. The van der Waals surface area contributed by atoms with Crippen molar-refractivity contribution >= 4 is 11.7 Å². The van der Waals surface area contributed by atoms with Crippen LogP contribution < -0.4 is 15.4 Å². The van der Waals surface area contributed by atoms with Crippen LogP contribution in [0.5, 0.6) is 5.75 Å². The molecule has 0 aromatic heterocycles. The first-order valence-electron chi connectivity index (χ1n) is 12.4. The van der Waals surface area contributed by atoms with E-state index in [1.807, 2.05) is 18.2 Å². The largest absolute Gasteiger partial charge is 0.489 e. The average molecular weight is 509 g/mol. The van der Waals surface area contributed by atoms with Gasteiger partial charge in [0.1, 0.15) is 24.0 Å². The van der Waals surface area contributed by atoms with E-state index >= 15 is 4.39 Å². The van der Waals surface area contributed by atoms with E-state index in [1.165, 1.54) is 18.2 Å². The Morgan fingerprint density at radius 1 is 1.05 bits per heavy atom. The number of rotatable bonds is 8. The predicted molar refractivity (Wildman–Crippen MR) is 136 cm³/mol. The Hall–Kier alpha value is -3.49. The lowest BCUT2D eigenvalue weighted by Crippen LogP contribution is -2.50. The zero-order chi connectivity index (χ0) is 26.0. The molecule has 0 radical (unpaired) electrons. The Morgan fingerprint density at radius 2 is 1.84 bits per heavy atom.